The van der Waals surface area contributed by atoms with Crippen molar-refractivity contribution in [1.29, 1.82) is 5.26 Å². The van der Waals surface area contributed by atoms with Gasteiger partial charge in [0.15, 0.2) is 0 Å². The number of halogens is 1. The Labute approximate surface area is 162 Å². The summed E-state index contributed by atoms with van der Waals surface area (Å²) in [5, 5.41) is 8.96. The molecule has 0 atom stereocenters. The molecule has 0 bridgehead atoms. The summed E-state index contributed by atoms with van der Waals surface area (Å²) in [5.74, 6) is 0. The average Bonchev–Trinajstić information content (AvgIpc) is 3.07. The molecule has 0 amide bonds. The molecule has 3 aromatic rings. The van der Waals surface area contributed by atoms with E-state index in [2.05, 4.69) is 61.1 Å². The molecular weight excluding hydrogens is 390 g/mol. The lowest BCUT2D eigenvalue weighted by atomic mass is 10.1. The van der Waals surface area contributed by atoms with Crippen LogP contribution in [0.2, 0.25) is 0 Å². The minimum Gasteiger partial charge on any atom is -0.364 e. The van der Waals surface area contributed by atoms with E-state index < -0.39 is 0 Å². The molecule has 0 unspecified atom stereocenters. The predicted molar refractivity (Wildman–Crippen MR) is 106 cm³/mol. The fraction of sp³-hybridized carbons (Fsp3) is 0.250. The number of hydrogen-bond donors (Lipinski definition) is 0. The second-order valence-electron chi connectivity index (χ2n) is 6.16. The van der Waals surface area contributed by atoms with E-state index in [1.165, 1.54) is 5.56 Å². The van der Waals surface area contributed by atoms with Gasteiger partial charge in [-0.15, -0.1) is 0 Å². The largest absolute Gasteiger partial charge is 0.364 e. The van der Waals surface area contributed by atoms with Crippen LogP contribution in [0.1, 0.15) is 23.4 Å². The van der Waals surface area contributed by atoms with Gasteiger partial charge in [-0.2, -0.15) is 5.26 Å². The highest BCUT2D eigenvalue weighted by Crippen LogP contribution is 2.18. The van der Waals surface area contributed by atoms with E-state index in [9.17, 15) is 0 Å². The third-order valence-electron chi connectivity index (χ3n) is 4.30. The first-order valence-corrected chi connectivity index (χ1v) is 9.26. The van der Waals surface area contributed by atoms with Crippen LogP contribution >= 0.6 is 15.9 Å². The highest BCUT2D eigenvalue weighted by Gasteiger charge is 2.10. The number of benzene rings is 1. The summed E-state index contributed by atoms with van der Waals surface area (Å²) in [6.07, 6.45) is 7.51. The van der Waals surface area contributed by atoms with Gasteiger partial charge in [-0.3, -0.25) is 0 Å². The molecule has 6 heteroatoms. The standard InChI is InChI=1S/C20H20BrN5/c1-25-15-23-12-20(25)14-26(19-9-8-18(11-22)24-13-19)10-2-3-16-4-6-17(21)7-5-16/h4-9,12-13,15H,2-3,10,14H2,1H3. The van der Waals surface area contributed by atoms with Crippen molar-refractivity contribution in [3.8, 4) is 6.07 Å². The first-order valence-electron chi connectivity index (χ1n) is 8.46. The van der Waals surface area contributed by atoms with Gasteiger partial charge in [-0.25, -0.2) is 9.97 Å². The summed E-state index contributed by atoms with van der Waals surface area (Å²) in [5.41, 5.74) is 3.91. The lowest BCUT2D eigenvalue weighted by Crippen LogP contribution is -2.25. The Balaban J connectivity index is 1.70. The molecule has 3 rings (SSSR count). The summed E-state index contributed by atoms with van der Waals surface area (Å²) in [6.45, 7) is 1.65. The van der Waals surface area contributed by atoms with Crippen molar-refractivity contribution in [1.82, 2.24) is 14.5 Å². The molecule has 0 fully saturated rings. The SMILES string of the molecule is Cn1cncc1CN(CCCc1ccc(Br)cc1)c1ccc(C#N)nc1. The van der Waals surface area contributed by atoms with Crippen molar-refractivity contribution < 1.29 is 0 Å². The van der Waals surface area contributed by atoms with E-state index in [0.29, 0.717) is 5.69 Å². The van der Waals surface area contributed by atoms with Crippen LogP contribution in [0.5, 0.6) is 0 Å². The van der Waals surface area contributed by atoms with Gasteiger partial charge in [0.2, 0.25) is 0 Å². The maximum absolute atomic E-state index is 8.96. The zero-order valence-corrected chi connectivity index (χ0v) is 16.2. The molecule has 2 heterocycles. The van der Waals surface area contributed by atoms with Gasteiger partial charge in [0.1, 0.15) is 11.8 Å². The summed E-state index contributed by atoms with van der Waals surface area (Å²) in [4.78, 5) is 10.7. The van der Waals surface area contributed by atoms with Gasteiger partial charge >= 0.3 is 0 Å². The fourth-order valence-corrected chi connectivity index (χ4v) is 3.06. The van der Waals surface area contributed by atoms with Gasteiger partial charge in [0.25, 0.3) is 0 Å². The van der Waals surface area contributed by atoms with Crippen molar-refractivity contribution in [2.45, 2.75) is 19.4 Å². The molecule has 132 valence electrons. The zero-order valence-electron chi connectivity index (χ0n) is 14.6. The van der Waals surface area contributed by atoms with Crippen LogP contribution in [0, 0.1) is 11.3 Å². The Morgan fingerprint density at radius 2 is 1.96 bits per heavy atom. The molecule has 0 N–H and O–H groups in total. The quantitative estimate of drug-likeness (QED) is 0.589. The Bertz CT molecular complexity index is 878. The Morgan fingerprint density at radius 1 is 1.15 bits per heavy atom. The Kier molecular flexibility index (Phi) is 6.03. The van der Waals surface area contributed by atoms with Gasteiger partial charge in [0, 0.05) is 24.3 Å². The second kappa shape index (κ2) is 8.63. The monoisotopic (exact) mass is 409 g/mol. The number of aryl methyl sites for hydroxylation is 2. The van der Waals surface area contributed by atoms with Gasteiger partial charge in [0.05, 0.1) is 30.5 Å². The Morgan fingerprint density at radius 3 is 2.58 bits per heavy atom. The molecule has 0 saturated carbocycles. The van der Waals surface area contributed by atoms with Crippen LogP contribution in [0.25, 0.3) is 0 Å². The number of imidazole rings is 1. The van der Waals surface area contributed by atoms with Crippen LogP contribution in [0.3, 0.4) is 0 Å². The van der Waals surface area contributed by atoms with Crippen molar-refractivity contribution in [3.05, 3.63) is 76.5 Å². The molecule has 0 aliphatic heterocycles. The molecule has 26 heavy (non-hydrogen) atoms. The normalized spacial score (nSPS) is 10.5. The van der Waals surface area contributed by atoms with Gasteiger partial charge < -0.3 is 9.47 Å². The molecular formula is C20H20BrN5. The topological polar surface area (TPSA) is 57.7 Å². The summed E-state index contributed by atoms with van der Waals surface area (Å²) in [7, 11) is 2.00. The van der Waals surface area contributed by atoms with Crippen LogP contribution in [-0.4, -0.2) is 21.1 Å². The molecule has 0 radical (unpaired) electrons. The van der Waals surface area contributed by atoms with Gasteiger partial charge in [-0.1, -0.05) is 28.1 Å². The van der Waals surface area contributed by atoms with E-state index in [0.717, 1.165) is 41.8 Å². The average molecular weight is 410 g/mol. The maximum atomic E-state index is 8.96. The lowest BCUT2D eigenvalue weighted by molar-refractivity contribution is 0.697. The highest BCUT2D eigenvalue weighted by molar-refractivity contribution is 9.10. The zero-order chi connectivity index (χ0) is 18.4. The predicted octanol–water partition coefficient (Wildman–Crippen LogP) is 4.09. The number of nitriles is 1. The first-order chi connectivity index (χ1) is 12.7. The summed E-state index contributed by atoms with van der Waals surface area (Å²) in [6, 6.07) is 14.2. The van der Waals surface area contributed by atoms with Crippen LogP contribution in [-0.2, 0) is 20.0 Å². The van der Waals surface area contributed by atoms with Crippen molar-refractivity contribution in [3.63, 3.8) is 0 Å². The summed E-state index contributed by atoms with van der Waals surface area (Å²) < 4.78 is 3.13. The van der Waals surface area contributed by atoms with Crippen molar-refractivity contribution >= 4 is 21.6 Å². The van der Waals surface area contributed by atoms with Crippen LogP contribution < -0.4 is 4.90 Å². The fourth-order valence-electron chi connectivity index (χ4n) is 2.80. The molecule has 1 aromatic carbocycles. The minimum atomic E-state index is 0.434. The number of rotatable bonds is 7. The maximum Gasteiger partial charge on any atom is 0.140 e. The van der Waals surface area contributed by atoms with E-state index in [-0.39, 0.29) is 0 Å². The number of nitrogens with zero attached hydrogens (tertiary/aromatic N) is 5. The number of aromatic nitrogens is 3. The molecule has 5 nitrogen and oxygen atoms in total. The molecule has 0 spiro atoms. The molecule has 0 aliphatic carbocycles. The molecule has 2 aromatic heterocycles. The Hall–Kier alpha value is -2.65. The highest BCUT2D eigenvalue weighted by atomic mass is 79.9. The second-order valence-corrected chi connectivity index (χ2v) is 7.08. The van der Waals surface area contributed by atoms with Crippen LogP contribution in [0.4, 0.5) is 5.69 Å². The number of anilines is 1. The van der Waals surface area contributed by atoms with Gasteiger partial charge in [-0.05, 0) is 42.7 Å². The van der Waals surface area contributed by atoms with E-state index in [1.807, 2.05) is 30.2 Å². The van der Waals surface area contributed by atoms with Crippen LogP contribution in [0.15, 0.2) is 59.6 Å². The molecule has 0 aliphatic rings. The van der Waals surface area contributed by atoms with E-state index in [1.54, 1.807) is 12.3 Å². The van der Waals surface area contributed by atoms with Crippen molar-refractivity contribution in [2.24, 2.45) is 7.05 Å². The first kappa shape index (κ1) is 18.2. The number of pyridine rings is 1. The number of hydrogen-bond acceptors (Lipinski definition) is 4. The smallest absolute Gasteiger partial charge is 0.140 e. The lowest BCUT2D eigenvalue weighted by Gasteiger charge is -2.24. The molecule has 0 saturated heterocycles. The summed E-state index contributed by atoms with van der Waals surface area (Å²) >= 11 is 3.47. The van der Waals surface area contributed by atoms with Crippen molar-refractivity contribution in [2.75, 3.05) is 11.4 Å². The third-order valence-corrected chi connectivity index (χ3v) is 4.83. The third kappa shape index (κ3) is 4.70. The van der Waals surface area contributed by atoms with E-state index in [4.69, 9.17) is 5.26 Å². The minimum absolute atomic E-state index is 0.434. The van der Waals surface area contributed by atoms with E-state index >= 15 is 0 Å².